The van der Waals surface area contributed by atoms with Gasteiger partial charge in [0.2, 0.25) is 11.8 Å². The zero-order valence-electron chi connectivity index (χ0n) is 11.9. The summed E-state index contributed by atoms with van der Waals surface area (Å²) in [4.78, 5) is 41.6. The van der Waals surface area contributed by atoms with Crippen LogP contribution in [-0.2, 0) is 16.1 Å². The van der Waals surface area contributed by atoms with Crippen molar-refractivity contribution in [3.05, 3.63) is 38.9 Å². The molecule has 1 aromatic carbocycles. The van der Waals surface area contributed by atoms with Gasteiger partial charge >= 0.3 is 0 Å². The van der Waals surface area contributed by atoms with E-state index in [2.05, 4.69) is 10.3 Å². The molecule has 120 valence electrons. The molecule has 0 aliphatic carbocycles. The van der Waals surface area contributed by atoms with E-state index < -0.39 is 5.56 Å². The number of piperazine rings is 1. The van der Waals surface area contributed by atoms with E-state index >= 15 is 0 Å². The molecular weight excluding hydrogens is 343 g/mol. The zero-order valence-corrected chi connectivity index (χ0v) is 13.4. The highest BCUT2D eigenvalue weighted by atomic mass is 35.5. The van der Waals surface area contributed by atoms with Crippen LogP contribution >= 0.6 is 23.2 Å². The third-order valence-corrected chi connectivity index (χ3v) is 4.05. The molecule has 1 aliphatic rings. The maximum absolute atomic E-state index is 12.5. The lowest BCUT2D eigenvalue weighted by Crippen LogP contribution is -2.51. The van der Waals surface area contributed by atoms with Gasteiger partial charge in [-0.2, -0.15) is 0 Å². The number of halogens is 2. The summed E-state index contributed by atoms with van der Waals surface area (Å²) < 4.78 is 1.18. The maximum Gasteiger partial charge on any atom is 0.261 e. The van der Waals surface area contributed by atoms with Gasteiger partial charge in [-0.3, -0.25) is 19.0 Å². The number of nitrogens with one attached hydrogen (secondary N) is 1. The first-order valence-corrected chi connectivity index (χ1v) is 7.60. The van der Waals surface area contributed by atoms with Crippen molar-refractivity contribution in [2.75, 3.05) is 19.6 Å². The highest BCUT2D eigenvalue weighted by molar-refractivity contribution is 6.38. The van der Waals surface area contributed by atoms with E-state index in [0.29, 0.717) is 23.6 Å². The molecule has 1 N–H and O–H groups in total. The van der Waals surface area contributed by atoms with Gasteiger partial charge in [-0.1, -0.05) is 23.2 Å². The first kappa shape index (κ1) is 15.8. The van der Waals surface area contributed by atoms with Crippen molar-refractivity contribution in [1.29, 1.82) is 0 Å². The zero-order chi connectivity index (χ0) is 16.6. The van der Waals surface area contributed by atoms with Crippen molar-refractivity contribution in [2.24, 2.45) is 0 Å². The fourth-order valence-corrected chi connectivity index (χ4v) is 2.95. The summed E-state index contributed by atoms with van der Waals surface area (Å²) in [6, 6.07) is 2.97. The molecule has 0 unspecified atom stereocenters. The van der Waals surface area contributed by atoms with Crippen LogP contribution in [0.15, 0.2) is 23.3 Å². The average Bonchev–Trinajstić information content (AvgIpc) is 2.50. The standard InChI is InChI=1S/C14H12Cl2N4O3/c15-8-3-9-13(10(16)4-8)18-7-20(14(9)23)6-12(22)19-2-1-17-11(21)5-19/h3-4,7H,1-2,5-6H2,(H,17,21). The molecule has 0 atom stereocenters. The van der Waals surface area contributed by atoms with E-state index in [1.165, 1.54) is 27.9 Å². The van der Waals surface area contributed by atoms with E-state index in [9.17, 15) is 14.4 Å². The van der Waals surface area contributed by atoms with Gasteiger partial charge in [0.25, 0.3) is 5.56 Å². The maximum atomic E-state index is 12.5. The summed E-state index contributed by atoms with van der Waals surface area (Å²) in [6.45, 7) is 0.615. The van der Waals surface area contributed by atoms with Crippen molar-refractivity contribution in [2.45, 2.75) is 6.54 Å². The molecule has 1 fully saturated rings. The quantitative estimate of drug-likeness (QED) is 0.858. The number of rotatable bonds is 2. The Morgan fingerprint density at radius 2 is 2.09 bits per heavy atom. The molecule has 0 radical (unpaired) electrons. The molecule has 1 aromatic heterocycles. The SMILES string of the molecule is O=C1CN(C(=O)Cn2cnc3c(Cl)cc(Cl)cc3c2=O)CCN1. The summed E-state index contributed by atoms with van der Waals surface area (Å²) >= 11 is 11.9. The highest BCUT2D eigenvalue weighted by Crippen LogP contribution is 2.23. The third kappa shape index (κ3) is 3.16. The van der Waals surface area contributed by atoms with Gasteiger partial charge in [-0.25, -0.2) is 4.98 Å². The van der Waals surface area contributed by atoms with E-state index in [1.807, 2.05) is 0 Å². The topological polar surface area (TPSA) is 84.3 Å². The number of carbonyl (C=O) groups excluding carboxylic acids is 2. The number of amides is 2. The van der Waals surface area contributed by atoms with E-state index in [1.54, 1.807) is 0 Å². The monoisotopic (exact) mass is 354 g/mol. The Bertz CT molecular complexity index is 865. The van der Waals surface area contributed by atoms with Gasteiger partial charge in [0.1, 0.15) is 6.54 Å². The molecular formula is C14H12Cl2N4O3. The molecule has 0 spiro atoms. The second-order valence-electron chi connectivity index (χ2n) is 5.13. The summed E-state index contributed by atoms with van der Waals surface area (Å²) in [7, 11) is 0. The Morgan fingerprint density at radius 1 is 1.30 bits per heavy atom. The largest absolute Gasteiger partial charge is 0.353 e. The van der Waals surface area contributed by atoms with Crippen molar-refractivity contribution in [3.63, 3.8) is 0 Å². The minimum Gasteiger partial charge on any atom is -0.353 e. The number of nitrogens with zero attached hydrogens (tertiary/aromatic N) is 3. The van der Waals surface area contributed by atoms with Crippen molar-refractivity contribution >= 4 is 45.9 Å². The Hall–Kier alpha value is -2.12. The lowest BCUT2D eigenvalue weighted by atomic mass is 10.2. The Kier molecular flexibility index (Phi) is 4.23. The van der Waals surface area contributed by atoms with Crippen LogP contribution in [0.3, 0.4) is 0 Å². The average molecular weight is 355 g/mol. The number of aromatic nitrogens is 2. The fraction of sp³-hybridized carbons (Fsp3) is 0.286. The summed E-state index contributed by atoms with van der Waals surface area (Å²) in [5, 5.41) is 3.47. The predicted molar refractivity (Wildman–Crippen MR) is 85.6 cm³/mol. The summed E-state index contributed by atoms with van der Waals surface area (Å²) in [6.07, 6.45) is 1.27. The van der Waals surface area contributed by atoms with Gasteiger partial charge in [0, 0.05) is 18.1 Å². The Labute approximate surface area is 140 Å². The summed E-state index contributed by atoms with van der Waals surface area (Å²) in [5.41, 5.74) is -0.0728. The van der Waals surface area contributed by atoms with Gasteiger partial charge in [0.15, 0.2) is 0 Å². The number of fused-ring (bicyclic) bond motifs is 1. The summed E-state index contributed by atoms with van der Waals surface area (Å²) in [5.74, 6) is -0.539. The van der Waals surface area contributed by atoms with E-state index in [-0.39, 0.29) is 35.3 Å². The van der Waals surface area contributed by atoms with Gasteiger partial charge in [-0.05, 0) is 12.1 Å². The molecule has 0 bridgehead atoms. The molecule has 23 heavy (non-hydrogen) atoms. The minimum absolute atomic E-state index is 0.00769. The smallest absolute Gasteiger partial charge is 0.261 e. The number of carbonyl (C=O) groups is 2. The molecule has 3 rings (SSSR count). The first-order valence-electron chi connectivity index (χ1n) is 6.84. The number of hydrogen-bond acceptors (Lipinski definition) is 4. The molecule has 1 aliphatic heterocycles. The second-order valence-corrected chi connectivity index (χ2v) is 5.97. The van der Waals surface area contributed by atoms with E-state index in [0.717, 1.165) is 0 Å². The normalized spacial score (nSPS) is 14.9. The highest BCUT2D eigenvalue weighted by Gasteiger charge is 2.22. The van der Waals surface area contributed by atoms with E-state index in [4.69, 9.17) is 23.2 Å². The van der Waals surface area contributed by atoms with Crippen LogP contribution in [0, 0.1) is 0 Å². The minimum atomic E-state index is -0.408. The Balaban J connectivity index is 1.91. The lowest BCUT2D eigenvalue weighted by Gasteiger charge is -2.26. The molecule has 2 aromatic rings. The van der Waals surface area contributed by atoms with Crippen molar-refractivity contribution in [1.82, 2.24) is 19.8 Å². The van der Waals surface area contributed by atoms with Crippen LogP contribution in [0.4, 0.5) is 0 Å². The molecule has 2 amide bonds. The van der Waals surface area contributed by atoms with Crippen LogP contribution < -0.4 is 10.9 Å². The van der Waals surface area contributed by atoms with Crippen molar-refractivity contribution < 1.29 is 9.59 Å². The fourth-order valence-electron chi connectivity index (χ4n) is 2.40. The number of hydrogen-bond donors (Lipinski definition) is 1. The first-order chi connectivity index (χ1) is 11.0. The molecule has 9 heteroatoms. The van der Waals surface area contributed by atoms with Gasteiger partial charge in [0.05, 0.1) is 28.8 Å². The molecule has 7 nitrogen and oxygen atoms in total. The second kappa shape index (κ2) is 6.17. The third-order valence-electron chi connectivity index (χ3n) is 3.54. The molecule has 2 heterocycles. The van der Waals surface area contributed by atoms with Gasteiger partial charge < -0.3 is 10.2 Å². The predicted octanol–water partition coefficient (Wildman–Crippen LogP) is 0.662. The molecule has 0 saturated carbocycles. The van der Waals surface area contributed by atoms with Crippen LogP contribution in [0.25, 0.3) is 10.9 Å². The molecule has 1 saturated heterocycles. The van der Waals surface area contributed by atoms with Crippen LogP contribution in [0.2, 0.25) is 10.0 Å². The van der Waals surface area contributed by atoms with Crippen molar-refractivity contribution in [3.8, 4) is 0 Å². The number of benzene rings is 1. The van der Waals surface area contributed by atoms with Crippen LogP contribution in [0.5, 0.6) is 0 Å². The van der Waals surface area contributed by atoms with Crippen LogP contribution in [0.1, 0.15) is 0 Å². The lowest BCUT2D eigenvalue weighted by molar-refractivity contribution is -0.138. The van der Waals surface area contributed by atoms with Gasteiger partial charge in [-0.15, -0.1) is 0 Å². The Morgan fingerprint density at radius 3 is 2.83 bits per heavy atom. The van der Waals surface area contributed by atoms with Crippen LogP contribution in [-0.4, -0.2) is 45.9 Å².